The van der Waals surface area contributed by atoms with E-state index >= 15 is 0 Å². The lowest BCUT2D eigenvalue weighted by Crippen LogP contribution is -2.10. The van der Waals surface area contributed by atoms with Crippen LogP contribution in [0.25, 0.3) is 6.08 Å². The molecule has 0 aromatic heterocycles. The third-order valence-corrected chi connectivity index (χ3v) is 3.34. The fourth-order valence-electron chi connectivity index (χ4n) is 1.50. The molecule has 0 amide bonds. The minimum atomic E-state index is 0.0599. The van der Waals surface area contributed by atoms with Crippen LogP contribution in [0.3, 0.4) is 0 Å². The van der Waals surface area contributed by atoms with Crippen LogP contribution in [0.1, 0.15) is 38.8 Å². The molecule has 0 atom stereocenters. The van der Waals surface area contributed by atoms with Gasteiger partial charge < -0.3 is 5.11 Å². The van der Waals surface area contributed by atoms with Gasteiger partial charge in [-0.2, -0.15) is 0 Å². The van der Waals surface area contributed by atoms with Crippen LogP contribution in [-0.2, 0) is 10.2 Å². The van der Waals surface area contributed by atoms with Gasteiger partial charge in [0.05, 0.1) is 0 Å². The Kier molecular flexibility index (Phi) is 5.03. The maximum absolute atomic E-state index is 10.8. The van der Waals surface area contributed by atoms with Crippen LogP contribution in [0.2, 0.25) is 0 Å². The first kappa shape index (κ1) is 14.8. The molecule has 98 valence electrons. The smallest absolute Gasteiger partial charge is 0.186 e. The van der Waals surface area contributed by atoms with Crippen LogP contribution in [0.4, 0.5) is 0 Å². The SMILES string of the molecule is CC(=O)SCC=Cc1cc(C(C)(C)C)ccc1O. The van der Waals surface area contributed by atoms with Crippen LogP contribution in [0.15, 0.2) is 24.3 Å². The Morgan fingerprint density at radius 3 is 2.61 bits per heavy atom. The van der Waals surface area contributed by atoms with Crippen LogP contribution in [-0.4, -0.2) is 16.0 Å². The predicted octanol–water partition coefficient (Wildman–Crippen LogP) is 3.98. The van der Waals surface area contributed by atoms with Gasteiger partial charge in [-0.25, -0.2) is 0 Å². The molecule has 3 heteroatoms. The Bertz CT molecular complexity index is 456. The lowest BCUT2D eigenvalue weighted by atomic mass is 9.86. The van der Waals surface area contributed by atoms with E-state index in [4.69, 9.17) is 0 Å². The number of hydrogen-bond donors (Lipinski definition) is 1. The lowest BCUT2D eigenvalue weighted by molar-refractivity contribution is -0.109. The molecule has 0 aliphatic heterocycles. The quantitative estimate of drug-likeness (QED) is 0.897. The molecule has 18 heavy (non-hydrogen) atoms. The summed E-state index contributed by atoms with van der Waals surface area (Å²) in [6.07, 6.45) is 3.76. The number of phenolic OH excluding ortho intramolecular Hbond substituents is 1. The molecule has 1 rings (SSSR count). The molecule has 0 bridgehead atoms. The summed E-state index contributed by atoms with van der Waals surface area (Å²) in [6, 6.07) is 5.65. The molecule has 1 aromatic carbocycles. The zero-order chi connectivity index (χ0) is 13.8. The number of thioether (sulfide) groups is 1. The van der Waals surface area contributed by atoms with E-state index in [1.165, 1.54) is 17.3 Å². The minimum Gasteiger partial charge on any atom is -0.507 e. The molecule has 0 aliphatic carbocycles. The summed E-state index contributed by atoms with van der Waals surface area (Å²) in [6.45, 7) is 7.96. The van der Waals surface area contributed by atoms with Crippen molar-refractivity contribution in [3.05, 3.63) is 35.4 Å². The molecule has 2 nitrogen and oxygen atoms in total. The largest absolute Gasteiger partial charge is 0.507 e. The molecule has 0 heterocycles. The van der Waals surface area contributed by atoms with Gasteiger partial charge in [-0.1, -0.05) is 50.8 Å². The summed E-state index contributed by atoms with van der Waals surface area (Å²) < 4.78 is 0. The summed E-state index contributed by atoms with van der Waals surface area (Å²) in [7, 11) is 0. The van der Waals surface area contributed by atoms with Gasteiger partial charge in [-0.05, 0) is 23.1 Å². The highest BCUT2D eigenvalue weighted by Gasteiger charge is 2.14. The van der Waals surface area contributed by atoms with Gasteiger partial charge >= 0.3 is 0 Å². The van der Waals surface area contributed by atoms with E-state index in [9.17, 15) is 9.90 Å². The van der Waals surface area contributed by atoms with Crippen molar-refractivity contribution in [1.82, 2.24) is 0 Å². The average molecular weight is 264 g/mol. The van der Waals surface area contributed by atoms with Gasteiger partial charge in [0.1, 0.15) is 5.75 Å². The van der Waals surface area contributed by atoms with Crippen molar-refractivity contribution in [2.24, 2.45) is 0 Å². The molecule has 0 saturated carbocycles. The van der Waals surface area contributed by atoms with Gasteiger partial charge in [0.15, 0.2) is 5.12 Å². The third-order valence-electron chi connectivity index (χ3n) is 2.57. The van der Waals surface area contributed by atoms with Crippen molar-refractivity contribution in [3.63, 3.8) is 0 Å². The summed E-state index contributed by atoms with van der Waals surface area (Å²) in [5, 5.41) is 9.89. The van der Waals surface area contributed by atoms with Crippen LogP contribution >= 0.6 is 11.8 Å². The number of benzene rings is 1. The fourth-order valence-corrected chi connectivity index (χ4v) is 1.92. The standard InChI is InChI=1S/C15H20O2S/c1-11(16)18-9-5-6-12-10-13(15(2,3)4)7-8-14(12)17/h5-8,10,17H,9H2,1-4H3. The van der Waals surface area contributed by atoms with Gasteiger partial charge in [-0.3, -0.25) is 4.79 Å². The van der Waals surface area contributed by atoms with E-state index in [0.717, 1.165) is 5.56 Å². The summed E-state index contributed by atoms with van der Waals surface area (Å²) >= 11 is 1.26. The molecule has 0 aliphatic rings. The Morgan fingerprint density at radius 2 is 2.06 bits per heavy atom. The summed E-state index contributed by atoms with van der Waals surface area (Å²) in [5.74, 6) is 0.904. The van der Waals surface area contributed by atoms with E-state index in [1.54, 1.807) is 13.0 Å². The molecule has 1 N–H and O–H groups in total. The molecule has 1 aromatic rings. The zero-order valence-corrected chi connectivity index (χ0v) is 12.2. The minimum absolute atomic E-state index is 0.0599. The van der Waals surface area contributed by atoms with Crippen LogP contribution in [0.5, 0.6) is 5.75 Å². The molecule has 0 radical (unpaired) electrons. The van der Waals surface area contributed by atoms with Crippen molar-refractivity contribution in [2.45, 2.75) is 33.1 Å². The molecular weight excluding hydrogens is 244 g/mol. The molecule has 0 spiro atoms. The van der Waals surface area contributed by atoms with E-state index in [-0.39, 0.29) is 16.3 Å². The number of aromatic hydroxyl groups is 1. The third kappa shape index (κ3) is 4.57. The van der Waals surface area contributed by atoms with Crippen molar-refractivity contribution in [2.75, 3.05) is 5.75 Å². The average Bonchev–Trinajstić information content (AvgIpc) is 2.24. The number of rotatable bonds is 3. The maximum atomic E-state index is 10.8. The lowest BCUT2D eigenvalue weighted by Gasteiger charge is -2.19. The summed E-state index contributed by atoms with van der Waals surface area (Å²) in [4.78, 5) is 10.8. The first-order valence-electron chi connectivity index (χ1n) is 5.94. The predicted molar refractivity (Wildman–Crippen MR) is 79.0 cm³/mol. The molecule has 0 fully saturated rings. The molecule has 0 unspecified atom stereocenters. The van der Waals surface area contributed by atoms with E-state index in [0.29, 0.717) is 5.75 Å². The van der Waals surface area contributed by atoms with Gasteiger partial charge in [-0.15, -0.1) is 0 Å². The van der Waals surface area contributed by atoms with Crippen molar-refractivity contribution < 1.29 is 9.90 Å². The van der Waals surface area contributed by atoms with Crippen LogP contribution < -0.4 is 0 Å². The number of phenols is 1. The topological polar surface area (TPSA) is 37.3 Å². The zero-order valence-electron chi connectivity index (χ0n) is 11.4. The molecular formula is C15H20O2S. The van der Waals surface area contributed by atoms with Gasteiger partial charge in [0, 0.05) is 18.2 Å². The number of carbonyl (C=O) groups is 1. The van der Waals surface area contributed by atoms with E-state index < -0.39 is 0 Å². The first-order valence-corrected chi connectivity index (χ1v) is 6.92. The highest BCUT2D eigenvalue weighted by Crippen LogP contribution is 2.28. The monoisotopic (exact) mass is 264 g/mol. The second-order valence-corrected chi connectivity index (χ2v) is 6.43. The fraction of sp³-hybridized carbons (Fsp3) is 0.400. The van der Waals surface area contributed by atoms with Crippen molar-refractivity contribution >= 4 is 23.0 Å². The van der Waals surface area contributed by atoms with Gasteiger partial charge in [0.25, 0.3) is 0 Å². The van der Waals surface area contributed by atoms with Crippen LogP contribution in [0, 0.1) is 0 Å². The van der Waals surface area contributed by atoms with Gasteiger partial charge in [0.2, 0.25) is 0 Å². The number of carbonyl (C=O) groups excluding carboxylic acids is 1. The Labute approximate surface area is 113 Å². The van der Waals surface area contributed by atoms with Crippen molar-refractivity contribution in [1.29, 1.82) is 0 Å². The second kappa shape index (κ2) is 6.10. The first-order chi connectivity index (χ1) is 8.30. The maximum Gasteiger partial charge on any atom is 0.186 e. The van der Waals surface area contributed by atoms with Crippen molar-refractivity contribution in [3.8, 4) is 5.75 Å². The summed E-state index contributed by atoms with van der Waals surface area (Å²) in [5.41, 5.74) is 2.04. The van der Waals surface area contributed by atoms with E-state index in [2.05, 4.69) is 20.8 Å². The Hall–Kier alpha value is -1.22. The molecule has 0 saturated heterocycles. The normalized spacial score (nSPS) is 12.0. The highest BCUT2D eigenvalue weighted by atomic mass is 32.2. The van der Waals surface area contributed by atoms with E-state index in [1.807, 2.05) is 24.3 Å². The number of hydrogen-bond acceptors (Lipinski definition) is 3. The second-order valence-electron chi connectivity index (χ2n) is 5.23. The Morgan fingerprint density at radius 1 is 1.39 bits per heavy atom. The Balaban J connectivity index is 2.85. The highest BCUT2D eigenvalue weighted by molar-refractivity contribution is 8.13.